The van der Waals surface area contributed by atoms with Crippen molar-refractivity contribution in [3.8, 4) is 0 Å². The van der Waals surface area contributed by atoms with Gasteiger partial charge in [-0.1, -0.05) is 20.8 Å². The Balaban J connectivity index is 4.17. The van der Waals surface area contributed by atoms with E-state index < -0.39 is 5.54 Å². The zero-order valence-corrected chi connectivity index (χ0v) is 9.05. The number of aliphatic hydroxyl groups is 1. The number of nitrogens with one attached hydrogen (secondary N) is 1. The van der Waals surface area contributed by atoms with Crippen LogP contribution in [0.3, 0.4) is 0 Å². The fourth-order valence-corrected chi connectivity index (χ4v) is 0.846. The van der Waals surface area contributed by atoms with Crippen molar-refractivity contribution < 1.29 is 9.90 Å². The normalized spacial score (nSPS) is 17.6. The van der Waals surface area contributed by atoms with Crippen molar-refractivity contribution in [1.82, 2.24) is 5.32 Å². The van der Waals surface area contributed by atoms with E-state index in [0.29, 0.717) is 0 Å². The Morgan fingerprint density at radius 2 is 2.08 bits per heavy atom. The fraction of sp³-hybridized carbons (Fsp3) is 0.900. The summed E-state index contributed by atoms with van der Waals surface area (Å²) in [6.07, 6.45) is 1.57. The third kappa shape index (κ3) is 3.77. The summed E-state index contributed by atoms with van der Waals surface area (Å²) in [6, 6.07) is 0. The van der Waals surface area contributed by atoms with Gasteiger partial charge >= 0.3 is 0 Å². The van der Waals surface area contributed by atoms with Gasteiger partial charge < -0.3 is 10.4 Å². The first-order chi connectivity index (χ1) is 5.99. The first kappa shape index (κ1) is 12.4. The van der Waals surface area contributed by atoms with E-state index in [1.807, 2.05) is 27.7 Å². The molecule has 78 valence electrons. The van der Waals surface area contributed by atoms with Crippen LogP contribution in [0.1, 0.15) is 40.5 Å². The highest BCUT2D eigenvalue weighted by Gasteiger charge is 2.24. The first-order valence-electron chi connectivity index (χ1n) is 4.92. The van der Waals surface area contributed by atoms with Crippen LogP contribution < -0.4 is 5.32 Å². The van der Waals surface area contributed by atoms with Crippen molar-refractivity contribution >= 4 is 5.91 Å². The summed E-state index contributed by atoms with van der Waals surface area (Å²) in [5.74, 6) is 0.0540. The number of rotatable bonds is 5. The van der Waals surface area contributed by atoms with E-state index in [0.717, 1.165) is 12.8 Å². The Kier molecular flexibility index (Phi) is 4.99. The second kappa shape index (κ2) is 5.22. The van der Waals surface area contributed by atoms with E-state index in [1.54, 1.807) is 0 Å². The van der Waals surface area contributed by atoms with E-state index in [-0.39, 0.29) is 18.4 Å². The molecule has 2 atom stereocenters. The Bertz CT molecular complexity index is 164. The number of carbonyl (C=O) groups excluding carboxylic acids is 1. The monoisotopic (exact) mass is 187 g/mol. The number of hydrogen-bond donors (Lipinski definition) is 2. The maximum atomic E-state index is 11.5. The van der Waals surface area contributed by atoms with Gasteiger partial charge in [0.15, 0.2) is 0 Å². The minimum absolute atomic E-state index is 0.00826. The van der Waals surface area contributed by atoms with Crippen molar-refractivity contribution in [2.75, 3.05) is 6.61 Å². The quantitative estimate of drug-likeness (QED) is 0.681. The number of carbonyl (C=O) groups is 1. The van der Waals surface area contributed by atoms with E-state index in [9.17, 15) is 4.79 Å². The van der Waals surface area contributed by atoms with Gasteiger partial charge in [0.2, 0.25) is 5.91 Å². The highest BCUT2D eigenvalue weighted by atomic mass is 16.3. The van der Waals surface area contributed by atoms with Crippen molar-refractivity contribution in [3.63, 3.8) is 0 Å². The highest BCUT2D eigenvalue weighted by Crippen LogP contribution is 2.10. The average molecular weight is 187 g/mol. The van der Waals surface area contributed by atoms with Gasteiger partial charge in [0.05, 0.1) is 12.1 Å². The van der Waals surface area contributed by atoms with Crippen LogP contribution >= 0.6 is 0 Å². The molecule has 0 fully saturated rings. The molecule has 1 amide bonds. The van der Waals surface area contributed by atoms with Gasteiger partial charge in [0, 0.05) is 5.92 Å². The van der Waals surface area contributed by atoms with Crippen LogP contribution in [-0.4, -0.2) is 23.2 Å². The van der Waals surface area contributed by atoms with Crippen LogP contribution in [0.5, 0.6) is 0 Å². The van der Waals surface area contributed by atoms with Crippen LogP contribution in [0, 0.1) is 5.92 Å². The molecule has 0 saturated carbocycles. The first-order valence-corrected chi connectivity index (χ1v) is 4.92. The molecule has 0 aliphatic heterocycles. The summed E-state index contributed by atoms with van der Waals surface area (Å²) >= 11 is 0. The summed E-state index contributed by atoms with van der Waals surface area (Å²) in [7, 11) is 0. The molecule has 0 aromatic heterocycles. The van der Waals surface area contributed by atoms with E-state index in [2.05, 4.69) is 5.32 Å². The molecule has 3 nitrogen and oxygen atoms in total. The molecule has 0 aliphatic rings. The topological polar surface area (TPSA) is 49.3 Å². The van der Waals surface area contributed by atoms with Crippen LogP contribution in [0.25, 0.3) is 0 Å². The SMILES string of the molecule is CCC(C)C(=O)NC(C)(CC)CO. The van der Waals surface area contributed by atoms with Crippen LogP contribution in [0.4, 0.5) is 0 Å². The molecule has 0 aromatic rings. The second-order valence-electron chi connectivity index (χ2n) is 3.87. The fourth-order valence-electron chi connectivity index (χ4n) is 0.846. The maximum Gasteiger partial charge on any atom is 0.223 e. The van der Waals surface area contributed by atoms with E-state index in [1.165, 1.54) is 0 Å². The molecule has 3 heteroatoms. The lowest BCUT2D eigenvalue weighted by Gasteiger charge is -2.28. The van der Waals surface area contributed by atoms with Crippen LogP contribution in [0.15, 0.2) is 0 Å². The van der Waals surface area contributed by atoms with Crippen molar-refractivity contribution in [2.45, 2.75) is 46.1 Å². The van der Waals surface area contributed by atoms with Crippen LogP contribution in [-0.2, 0) is 4.79 Å². The molecule has 0 saturated heterocycles. The summed E-state index contributed by atoms with van der Waals surface area (Å²) in [5.41, 5.74) is -0.458. The summed E-state index contributed by atoms with van der Waals surface area (Å²) in [6.45, 7) is 7.67. The van der Waals surface area contributed by atoms with Crippen LogP contribution in [0.2, 0.25) is 0 Å². The molecule has 0 spiro atoms. The third-order valence-corrected chi connectivity index (χ3v) is 2.61. The predicted octanol–water partition coefficient (Wildman–Crippen LogP) is 1.31. The minimum Gasteiger partial charge on any atom is -0.394 e. The molecule has 0 aromatic carbocycles. The lowest BCUT2D eigenvalue weighted by molar-refractivity contribution is -0.127. The average Bonchev–Trinajstić information content (AvgIpc) is 2.16. The maximum absolute atomic E-state index is 11.5. The van der Waals surface area contributed by atoms with Gasteiger partial charge in [-0.05, 0) is 19.8 Å². The lowest BCUT2D eigenvalue weighted by atomic mass is 9.98. The molecule has 0 heterocycles. The third-order valence-electron chi connectivity index (χ3n) is 2.61. The number of hydrogen-bond acceptors (Lipinski definition) is 2. The van der Waals surface area contributed by atoms with Gasteiger partial charge in [0.25, 0.3) is 0 Å². The largest absolute Gasteiger partial charge is 0.394 e. The minimum atomic E-state index is -0.458. The Labute approximate surface area is 80.5 Å². The number of amides is 1. The van der Waals surface area contributed by atoms with Gasteiger partial charge in [-0.15, -0.1) is 0 Å². The van der Waals surface area contributed by atoms with Gasteiger partial charge in [0.1, 0.15) is 0 Å². The Morgan fingerprint density at radius 3 is 2.38 bits per heavy atom. The van der Waals surface area contributed by atoms with Gasteiger partial charge in [-0.3, -0.25) is 4.79 Å². The standard InChI is InChI=1S/C10H21NO2/c1-5-8(3)9(13)11-10(4,6-2)7-12/h8,12H,5-7H2,1-4H3,(H,11,13). The van der Waals surface area contributed by atoms with E-state index >= 15 is 0 Å². The molecule has 0 aliphatic carbocycles. The second-order valence-corrected chi connectivity index (χ2v) is 3.87. The zero-order chi connectivity index (χ0) is 10.5. The molecule has 2 unspecified atom stereocenters. The molecule has 0 bridgehead atoms. The highest BCUT2D eigenvalue weighted by molar-refractivity contribution is 5.78. The molecular weight excluding hydrogens is 166 g/mol. The Hall–Kier alpha value is -0.570. The van der Waals surface area contributed by atoms with Gasteiger partial charge in [-0.2, -0.15) is 0 Å². The van der Waals surface area contributed by atoms with Crippen molar-refractivity contribution in [1.29, 1.82) is 0 Å². The van der Waals surface area contributed by atoms with Crippen molar-refractivity contribution in [3.05, 3.63) is 0 Å². The molecule has 0 radical (unpaired) electrons. The molecule has 0 rings (SSSR count). The lowest BCUT2D eigenvalue weighted by Crippen LogP contribution is -2.50. The predicted molar refractivity (Wildman–Crippen MR) is 53.4 cm³/mol. The summed E-state index contributed by atoms with van der Waals surface area (Å²) in [4.78, 5) is 11.5. The Morgan fingerprint density at radius 1 is 1.54 bits per heavy atom. The number of aliphatic hydroxyl groups excluding tert-OH is 1. The molecular formula is C10H21NO2. The zero-order valence-electron chi connectivity index (χ0n) is 9.05. The summed E-state index contributed by atoms with van der Waals surface area (Å²) < 4.78 is 0. The van der Waals surface area contributed by atoms with Crippen molar-refractivity contribution in [2.24, 2.45) is 5.92 Å². The van der Waals surface area contributed by atoms with Gasteiger partial charge in [-0.25, -0.2) is 0 Å². The smallest absolute Gasteiger partial charge is 0.223 e. The summed E-state index contributed by atoms with van der Waals surface area (Å²) in [5, 5.41) is 11.9. The molecule has 13 heavy (non-hydrogen) atoms. The molecule has 2 N–H and O–H groups in total. The van der Waals surface area contributed by atoms with E-state index in [4.69, 9.17) is 5.11 Å².